The summed E-state index contributed by atoms with van der Waals surface area (Å²) in [4.78, 5) is 41.0. The normalized spacial score (nSPS) is 12.8. The Morgan fingerprint density at radius 3 is 2.33 bits per heavy atom. The van der Waals surface area contributed by atoms with Crippen LogP contribution in [0.15, 0.2) is 48.5 Å². The minimum atomic E-state index is -0.995. The number of alkyl carbamates (subject to hydrolysis) is 1. The Balaban J connectivity index is 2.38. The molecule has 8 heteroatoms. The van der Waals surface area contributed by atoms with Crippen LogP contribution in [-0.2, 0) is 20.7 Å². The van der Waals surface area contributed by atoms with E-state index >= 15 is 0 Å². The molecule has 0 aliphatic rings. The summed E-state index contributed by atoms with van der Waals surface area (Å²) < 4.78 is 5.39. The van der Waals surface area contributed by atoms with E-state index < -0.39 is 29.7 Å². The topological polar surface area (TPSA) is 108 Å². The van der Waals surface area contributed by atoms with Gasteiger partial charge < -0.3 is 25.4 Å². The number of unbranched alkanes of at least 4 members (excludes halogenated alkanes) is 1. The molecule has 0 spiro atoms. The van der Waals surface area contributed by atoms with Crippen molar-refractivity contribution in [2.45, 2.75) is 71.6 Å². The summed E-state index contributed by atoms with van der Waals surface area (Å²) in [6, 6.07) is 12.0. The van der Waals surface area contributed by atoms with Gasteiger partial charge in [-0.2, -0.15) is 0 Å². The van der Waals surface area contributed by atoms with Crippen molar-refractivity contribution in [1.82, 2.24) is 15.5 Å². The van der Waals surface area contributed by atoms with Crippen LogP contribution in [0.5, 0.6) is 5.75 Å². The van der Waals surface area contributed by atoms with Crippen LogP contribution < -0.4 is 10.6 Å². The number of rotatable bonds is 10. The summed E-state index contributed by atoms with van der Waals surface area (Å²) in [5.74, 6) is -0.626. The first-order chi connectivity index (χ1) is 16.9. The quantitative estimate of drug-likeness (QED) is 0.425. The summed E-state index contributed by atoms with van der Waals surface area (Å²) >= 11 is 0. The maximum Gasteiger partial charge on any atom is 0.408 e. The molecule has 3 amide bonds. The van der Waals surface area contributed by atoms with Crippen molar-refractivity contribution < 1.29 is 24.2 Å². The first-order valence-corrected chi connectivity index (χ1v) is 12.3. The number of benzene rings is 2. The van der Waals surface area contributed by atoms with Crippen LogP contribution >= 0.6 is 0 Å². The van der Waals surface area contributed by atoms with Gasteiger partial charge in [0.05, 0.1) is 0 Å². The molecule has 36 heavy (non-hydrogen) atoms. The Hall–Kier alpha value is -3.55. The zero-order chi connectivity index (χ0) is 26.9. The van der Waals surface area contributed by atoms with Gasteiger partial charge in [0.15, 0.2) is 0 Å². The molecule has 8 nitrogen and oxygen atoms in total. The monoisotopic (exact) mass is 497 g/mol. The molecular formula is C28H39N3O5. The first-order valence-electron chi connectivity index (χ1n) is 12.3. The molecule has 0 fully saturated rings. The lowest BCUT2D eigenvalue weighted by molar-refractivity contribution is -0.140. The number of likely N-dealkylation sites (N-methyl/N-ethyl adjacent to an activating group) is 1. The molecule has 0 bridgehead atoms. The highest BCUT2D eigenvalue weighted by Gasteiger charge is 2.34. The van der Waals surface area contributed by atoms with E-state index in [1.807, 2.05) is 38.1 Å². The number of phenols is 1. The van der Waals surface area contributed by atoms with Crippen LogP contribution in [0.3, 0.4) is 0 Å². The van der Waals surface area contributed by atoms with Crippen molar-refractivity contribution in [2.75, 3.05) is 13.6 Å². The van der Waals surface area contributed by atoms with Gasteiger partial charge in [0.1, 0.15) is 23.4 Å². The zero-order valence-electron chi connectivity index (χ0n) is 22.1. The van der Waals surface area contributed by atoms with Gasteiger partial charge in [0.25, 0.3) is 0 Å². The number of aryl methyl sites for hydroxylation is 1. The molecular weight excluding hydrogens is 458 g/mol. The summed E-state index contributed by atoms with van der Waals surface area (Å²) in [5, 5.41) is 15.2. The summed E-state index contributed by atoms with van der Waals surface area (Å²) in [6.07, 6.45) is 1.18. The van der Waals surface area contributed by atoms with Gasteiger partial charge >= 0.3 is 6.09 Å². The Kier molecular flexibility index (Phi) is 10.3. The van der Waals surface area contributed by atoms with E-state index in [2.05, 4.69) is 10.6 Å². The molecule has 3 N–H and O–H groups in total. The SMILES string of the molecule is CCCCNC(=O)C(c1cccc(C)c1)N(C)C(=O)C(Cc1ccc(O)cc1)NC(=O)OC(C)(C)C. The van der Waals surface area contributed by atoms with Crippen LogP contribution in [0.25, 0.3) is 0 Å². The predicted molar refractivity (Wildman–Crippen MR) is 140 cm³/mol. The van der Waals surface area contributed by atoms with E-state index in [1.165, 1.54) is 17.0 Å². The number of hydrogen-bond acceptors (Lipinski definition) is 5. The van der Waals surface area contributed by atoms with Crippen molar-refractivity contribution in [3.63, 3.8) is 0 Å². The van der Waals surface area contributed by atoms with Crippen molar-refractivity contribution >= 4 is 17.9 Å². The largest absolute Gasteiger partial charge is 0.508 e. The van der Waals surface area contributed by atoms with Gasteiger partial charge in [-0.3, -0.25) is 9.59 Å². The highest BCUT2D eigenvalue weighted by Crippen LogP contribution is 2.23. The maximum atomic E-state index is 13.8. The fourth-order valence-electron chi connectivity index (χ4n) is 3.77. The van der Waals surface area contributed by atoms with Crippen LogP contribution in [0.4, 0.5) is 4.79 Å². The molecule has 0 radical (unpaired) electrons. The Morgan fingerprint density at radius 1 is 1.08 bits per heavy atom. The fraction of sp³-hybridized carbons (Fsp3) is 0.464. The summed E-state index contributed by atoms with van der Waals surface area (Å²) in [7, 11) is 1.56. The minimum absolute atomic E-state index is 0.0992. The lowest BCUT2D eigenvalue weighted by Crippen LogP contribution is -2.52. The zero-order valence-corrected chi connectivity index (χ0v) is 22.1. The van der Waals surface area contributed by atoms with Crippen LogP contribution in [0.1, 0.15) is 63.3 Å². The Labute approximate surface area is 214 Å². The number of hydrogen-bond donors (Lipinski definition) is 3. The number of ether oxygens (including phenoxy) is 1. The molecule has 0 saturated carbocycles. The summed E-state index contributed by atoms with van der Waals surface area (Å²) in [6.45, 7) is 9.69. The van der Waals surface area contributed by atoms with Gasteiger partial charge in [0, 0.05) is 20.0 Å². The highest BCUT2D eigenvalue weighted by atomic mass is 16.6. The molecule has 2 aromatic carbocycles. The van der Waals surface area contributed by atoms with E-state index in [-0.39, 0.29) is 18.1 Å². The molecule has 0 aliphatic heterocycles. The molecule has 2 rings (SSSR count). The van der Waals surface area contributed by atoms with Gasteiger partial charge in [-0.25, -0.2) is 4.79 Å². The third-order valence-electron chi connectivity index (χ3n) is 5.54. The van der Waals surface area contributed by atoms with Crippen molar-refractivity contribution in [2.24, 2.45) is 0 Å². The Morgan fingerprint density at radius 2 is 1.75 bits per heavy atom. The molecule has 196 valence electrons. The average Bonchev–Trinajstić information content (AvgIpc) is 2.78. The second-order valence-corrected chi connectivity index (χ2v) is 9.98. The smallest absolute Gasteiger partial charge is 0.408 e. The second kappa shape index (κ2) is 13.0. The van der Waals surface area contributed by atoms with Gasteiger partial charge in [0.2, 0.25) is 11.8 Å². The lowest BCUT2D eigenvalue weighted by atomic mass is 9.99. The molecule has 2 unspecified atom stereocenters. The first kappa shape index (κ1) is 28.7. The van der Waals surface area contributed by atoms with Gasteiger partial charge in [-0.1, -0.05) is 55.3 Å². The minimum Gasteiger partial charge on any atom is -0.508 e. The fourth-order valence-corrected chi connectivity index (χ4v) is 3.77. The number of phenolic OH excluding ortho intramolecular Hbond substituents is 1. The van der Waals surface area contributed by atoms with E-state index in [0.717, 1.165) is 24.0 Å². The number of nitrogens with one attached hydrogen (secondary N) is 2. The second-order valence-electron chi connectivity index (χ2n) is 9.98. The molecule has 0 aromatic heterocycles. The molecule has 0 aliphatic carbocycles. The van der Waals surface area contributed by atoms with E-state index in [4.69, 9.17) is 4.74 Å². The van der Waals surface area contributed by atoms with Crippen molar-refractivity contribution in [3.05, 3.63) is 65.2 Å². The molecule has 0 heterocycles. The third kappa shape index (κ3) is 8.91. The number of carbonyl (C=O) groups is 3. The maximum absolute atomic E-state index is 13.8. The molecule has 2 aromatic rings. The number of nitrogens with zero attached hydrogens (tertiary/aromatic N) is 1. The van der Waals surface area contributed by atoms with Gasteiger partial charge in [-0.15, -0.1) is 0 Å². The average molecular weight is 498 g/mol. The van der Waals surface area contributed by atoms with Crippen molar-refractivity contribution in [1.29, 1.82) is 0 Å². The molecule has 2 atom stereocenters. The number of carbonyl (C=O) groups excluding carboxylic acids is 3. The third-order valence-corrected chi connectivity index (χ3v) is 5.54. The van der Waals surface area contributed by atoms with Crippen LogP contribution in [0.2, 0.25) is 0 Å². The van der Waals surface area contributed by atoms with Gasteiger partial charge in [-0.05, 0) is 57.4 Å². The number of amides is 3. The number of aromatic hydroxyl groups is 1. The van der Waals surface area contributed by atoms with Crippen LogP contribution in [0, 0.1) is 6.92 Å². The van der Waals surface area contributed by atoms with E-state index in [0.29, 0.717) is 12.1 Å². The Bertz CT molecular complexity index is 1030. The summed E-state index contributed by atoms with van der Waals surface area (Å²) in [5.41, 5.74) is 1.63. The molecule has 0 saturated heterocycles. The van der Waals surface area contributed by atoms with Crippen LogP contribution in [-0.4, -0.2) is 53.1 Å². The standard InChI is InChI=1S/C28H39N3O5/c1-7-8-16-29-25(33)24(21-11-9-10-19(2)17-21)31(6)26(34)23(30-27(35)36-28(3,4)5)18-20-12-14-22(32)15-13-20/h9-15,17,23-24,32H,7-8,16,18H2,1-6H3,(H,29,33)(H,30,35). The lowest BCUT2D eigenvalue weighted by Gasteiger charge is -2.32. The van der Waals surface area contributed by atoms with E-state index in [1.54, 1.807) is 40.0 Å². The highest BCUT2D eigenvalue weighted by molar-refractivity contribution is 5.92. The van der Waals surface area contributed by atoms with E-state index in [9.17, 15) is 19.5 Å². The predicted octanol–water partition coefficient (Wildman–Crippen LogP) is 4.25. The van der Waals surface area contributed by atoms with Crippen molar-refractivity contribution in [3.8, 4) is 5.75 Å².